The van der Waals surface area contributed by atoms with E-state index in [1.165, 1.54) is 17.5 Å². The number of aliphatic hydroxyl groups is 1. The van der Waals surface area contributed by atoms with Crippen molar-refractivity contribution >= 4 is 27.5 Å². The highest BCUT2D eigenvalue weighted by Crippen LogP contribution is 2.25. The summed E-state index contributed by atoms with van der Waals surface area (Å²) in [5.41, 5.74) is 11.9. The molecule has 1 aliphatic heterocycles. The maximum Gasteiger partial charge on any atom is 0.259 e. The van der Waals surface area contributed by atoms with Crippen molar-refractivity contribution in [1.82, 2.24) is 15.1 Å². The molecular weight excluding hydrogens is 390 g/mol. The van der Waals surface area contributed by atoms with Gasteiger partial charge < -0.3 is 26.8 Å². The van der Waals surface area contributed by atoms with Gasteiger partial charge in [-0.15, -0.1) is 10.2 Å². The van der Waals surface area contributed by atoms with Crippen LogP contribution in [0.3, 0.4) is 0 Å². The van der Waals surface area contributed by atoms with Gasteiger partial charge in [0.15, 0.2) is 6.10 Å². The number of amides is 1. The first-order valence-corrected chi connectivity index (χ1v) is 10.1. The molecule has 3 rings (SSSR count). The van der Waals surface area contributed by atoms with E-state index in [0.717, 1.165) is 25.9 Å². The van der Waals surface area contributed by atoms with Gasteiger partial charge in [0.2, 0.25) is 10.3 Å². The van der Waals surface area contributed by atoms with Crippen molar-refractivity contribution in [3.63, 3.8) is 0 Å². The minimum absolute atomic E-state index is 0.246. The number of hydrogen-bond donors (Lipinski definition) is 5. The number of anilines is 2. The fraction of sp³-hybridized carbons (Fsp3) is 0.316. The highest BCUT2D eigenvalue weighted by Gasteiger charge is 2.22. The third-order valence-corrected chi connectivity index (χ3v) is 5.35. The molecule has 1 aromatic carbocycles. The smallest absolute Gasteiger partial charge is 0.259 e. The third-order valence-electron chi connectivity index (χ3n) is 4.58. The zero-order valence-electron chi connectivity index (χ0n) is 15.9. The first-order chi connectivity index (χ1) is 14.1. The summed E-state index contributed by atoms with van der Waals surface area (Å²) >= 11 is 1.24. The molecule has 1 saturated heterocycles. The Morgan fingerprint density at radius 3 is 2.62 bits per heavy atom. The second-order valence-electron chi connectivity index (χ2n) is 6.60. The predicted octanol–water partition coefficient (Wildman–Crippen LogP) is 1.36. The first-order valence-electron chi connectivity index (χ1n) is 9.29. The van der Waals surface area contributed by atoms with Gasteiger partial charge >= 0.3 is 0 Å². The van der Waals surface area contributed by atoms with Crippen LogP contribution in [0.4, 0.5) is 10.3 Å². The van der Waals surface area contributed by atoms with Crippen LogP contribution in [0, 0.1) is 0 Å². The Kier molecular flexibility index (Phi) is 7.04. The summed E-state index contributed by atoms with van der Waals surface area (Å²) in [6.07, 6.45) is 5.49. The second kappa shape index (κ2) is 9.89. The van der Waals surface area contributed by atoms with Crippen molar-refractivity contribution in [2.75, 3.05) is 23.7 Å². The number of allylic oxidation sites excluding steroid dienone is 2. The topological polar surface area (TPSA) is 142 Å². The number of hydrogen-bond acceptors (Lipinski definition) is 9. The SMILES string of the molecule is N/C=C\C=C(/N)N1CCC(Nc2nnc(NC(=O)C(O)c3ccccc3)s2)CC1. The second-order valence-corrected chi connectivity index (χ2v) is 7.57. The van der Waals surface area contributed by atoms with Crippen LogP contribution in [0.25, 0.3) is 0 Å². The number of carbonyl (C=O) groups is 1. The van der Waals surface area contributed by atoms with Crippen LogP contribution in [0.5, 0.6) is 0 Å². The van der Waals surface area contributed by atoms with E-state index in [0.29, 0.717) is 21.6 Å². The van der Waals surface area contributed by atoms with E-state index in [2.05, 4.69) is 25.7 Å². The van der Waals surface area contributed by atoms with Gasteiger partial charge in [0, 0.05) is 19.1 Å². The predicted molar refractivity (Wildman–Crippen MR) is 114 cm³/mol. The molecule has 1 atom stereocenters. The number of carbonyl (C=O) groups excluding carboxylic acids is 1. The van der Waals surface area contributed by atoms with E-state index in [1.54, 1.807) is 36.4 Å². The van der Waals surface area contributed by atoms with Crippen molar-refractivity contribution in [3.8, 4) is 0 Å². The summed E-state index contributed by atoms with van der Waals surface area (Å²) < 4.78 is 0. The molecule has 10 heteroatoms. The molecule has 0 aliphatic carbocycles. The van der Waals surface area contributed by atoms with Crippen molar-refractivity contribution < 1.29 is 9.90 Å². The van der Waals surface area contributed by atoms with Gasteiger partial charge in [0.1, 0.15) is 0 Å². The highest BCUT2D eigenvalue weighted by atomic mass is 32.1. The quantitative estimate of drug-likeness (QED) is 0.427. The molecule has 9 nitrogen and oxygen atoms in total. The van der Waals surface area contributed by atoms with Gasteiger partial charge in [-0.25, -0.2) is 0 Å². The molecule has 0 saturated carbocycles. The lowest BCUT2D eigenvalue weighted by molar-refractivity contribution is -0.124. The molecule has 154 valence electrons. The Labute approximate surface area is 173 Å². The van der Waals surface area contributed by atoms with Crippen LogP contribution in [-0.4, -0.2) is 45.2 Å². The van der Waals surface area contributed by atoms with Gasteiger partial charge in [0.05, 0.1) is 5.82 Å². The van der Waals surface area contributed by atoms with E-state index in [9.17, 15) is 9.90 Å². The van der Waals surface area contributed by atoms with Crippen LogP contribution < -0.4 is 22.1 Å². The standard InChI is InChI=1S/C19H25N7O2S/c20-10-4-7-15(21)26-11-8-14(9-12-26)22-18-24-25-19(29-18)23-17(28)16(27)13-5-2-1-3-6-13/h1-7,10,14,16,27H,8-9,11-12,20-21H2,(H,22,24)(H,23,25,28)/b10-4-,15-7+. The molecule has 7 N–H and O–H groups in total. The highest BCUT2D eigenvalue weighted by molar-refractivity contribution is 7.19. The molecule has 0 bridgehead atoms. The van der Waals surface area contributed by atoms with Crippen LogP contribution in [0.1, 0.15) is 24.5 Å². The zero-order chi connectivity index (χ0) is 20.6. The molecule has 0 spiro atoms. The van der Waals surface area contributed by atoms with Gasteiger partial charge in [-0.3, -0.25) is 10.1 Å². The Morgan fingerprint density at radius 2 is 1.93 bits per heavy atom. The number of piperidine rings is 1. The Morgan fingerprint density at radius 1 is 1.24 bits per heavy atom. The molecule has 1 aromatic heterocycles. The van der Waals surface area contributed by atoms with Crippen LogP contribution in [0.2, 0.25) is 0 Å². The molecule has 1 fully saturated rings. The molecule has 1 unspecified atom stereocenters. The fourth-order valence-electron chi connectivity index (χ4n) is 3.01. The van der Waals surface area contributed by atoms with Gasteiger partial charge in [0.25, 0.3) is 5.91 Å². The summed E-state index contributed by atoms with van der Waals surface area (Å²) in [4.78, 5) is 14.3. The lowest BCUT2D eigenvalue weighted by atomic mass is 10.1. The van der Waals surface area contributed by atoms with E-state index in [1.807, 2.05) is 6.07 Å². The van der Waals surface area contributed by atoms with Crippen LogP contribution in [0.15, 0.2) is 54.5 Å². The van der Waals surface area contributed by atoms with E-state index in [4.69, 9.17) is 11.5 Å². The van der Waals surface area contributed by atoms with Gasteiger partial charge in [-0.2, -0.15) is 0 Å². The van der Waals surface area contributed by atoms with Crippen molar-refractivity contribution in [2.24, 2.45) is 11.5 Å². The minimum Gasteiger partial charge on any atom is -0.405 e. The summed E-state index contributed by atoms with van der Waals surface area (Å²) in [6.45, 7) is 1.65. The molecule has 2 aromatic rings. The average Bonchev–Trinajstić information content (AvgIpc) is 3.19. The normalized spacial score (nSPS) is 16.7. The largest absolute Gasteiger partial charge is 0.405 e. The summed E-state index contributed by atoms with van der Waals surface area (Å²) in [6, 6.07) is 8.99. The maximum atomic E-state index is 12.2. The lowest BCUT2D eigenvalue weighted by Gasteiger charge is -2.33. The molecule has 2 heterocycles. The minimum atomic E-state index is -1.26. The Balaban J connectivity index is 1.49. The monoisotopic (exact) mass is 415 g/mol. The van der Waals surface area contributed by atoms with Gasteiger partial charge in [-0.1, -0.05) is 41.7 Å². The van der Waals surface area contributed by atoms with Crippen LogP contribution >= 0.6 is 11.3 Å². The van der Waals surface area contributed by atoms with Gasteiger partial charge in [-0.05, 0) is 36.8 Å². The number of nitrogens with zero attached hydrogens (tertiary/aromatic N) is 3. The summed E-state index contributed by atoms with van der Waals surface area (Å²) in [7, 11) is 0. The third kappa shape index (κ3) is 5.69. The van der Waals surface area contributed by atoms with Crippen LogP contribution in [-0.2, 0) is 4.79 Å². The number of aliphatic hydroxyl groups excluding tert-OH is 1. The Bertz CT molecular complexity index is 860. The number of nitrogens with two attached hydrogens (primary N) is 2. The molecule has 29 heavy (non-hydrogen) atoms. The van der Waals surface area contributed by atoms with E-state index < -0.39 is 12.0 Å². The van der Waals surface area contributed by atoms with Crippen molar-refractivity contribution in [2.45, 2.75) is 25.0 Å². The fourth-order valence-corrected chi connectivity index (χ4v) is 3.73. The molecule has 1 aliphatic rings. The average molecular weight is 416 g/mol. The number of aromatic nitrogens is 2. The molecule has 1 amide bonds. The summed E-state index contributed by atoms with van der Waals surface area (Å²) in [5, 5.41) is 25.1. The Hall–Kier alpha value is -3.11. The first kappa shape index (κ1) is 20.6. The number of benzene rings is 1. The van der Waals surface area contributed by atoms with Crippen molar-refractivity contribution in [1.29, 1.82) is 0 Å². The zero-order valence-corrected chi connectivity index (χ0v) is 16.7. The number of nitrogens with one attached hydrogen (secondary N) is 2. The molecular formula is C19H25N7O2S. The number of likely N-dealkylation sites (tertiary alicyclic amines) is 1. The number of rotatable bonds is 7. The summed E-state index contributed by atoms with van der Waals surface area (Å²) in [5.74, 6) is 0.157. The van der Waals surface area contributed by atoms with E-state index >= 15 is 0 Å². The van der Waals surface area contributed by atoms with Crippen molar-refractivity contribution in [3.05, 3.63) is 60.1 Å². The maximum absolute atomic E-state index is 12.2. The van der Waals surface area contributed by atoms with E-state index in [-0.39, 0.29) is 6.04 Å². The molecule has 0 radical (unpaired) electrons. The lowest BCUT2D eigenvalue weighted by Crippen LogP contribution is -2.40.